The molecule has 0 aromatic carbocycles. The second-order valence-electron chi connectivity index (χ2n) is 8.53. The monoisotopic (exact) mass is 365 g/mol. The van der Waals surface area contributed by atoms with E-state index in [9.17, 15) is 8.42 Å². The Hall–Kier alpha value is 0.450. The Balaban J connectivity index is 1.79. The normalized spacial score (nSPS) is 54.2. The van der Waals surface area contributed by atoms with Crippen LogP contribution in [0.25, 0.3) is 0 Å². The minimum absolute atomic E-state index is 0.0907. The number of hydroxylamine groups is 1. The van der Waals surface area contributed by atoms with Crippen LogP contribution in [0.4, 0.5) is 0 Å². The van der Waals surface area contributed by atoms with Gasteiger partial charge in [-0.2, -0.15) is 5.48 Å². The third-order valence-electron chi connectivity index (χ3n) is 7.95. The van der Waals surface area contributed by atoms with E-state index in [1.54, 1.807) is 0 Å². The van der Waals surface area contributed by atoms with Gasteiger partial charge in [-0.25, -0.2) is 8.42 Å². The largest absolute Gasteiger partial charge is 0.292 e. The Kier molecular flexibility index (Phi) is 2.37. The molecule has 2 spiro atoms. The average molecular weight is 366 g/mol. The molecule has 124 valence electrons. The van der Waals surface area contributed by atoms with Gasteiger partial charge in [0.2, 0.25) is 0 Å². The molecule has 7 heteroatoms. The van der Waals surface area contributed by atoms with E-state index in [1.807, 2.05) is 0 Å². The van der Waals surface area contributed by atoms with Crippen LogP contribution in [0, 0.1) is 16.7 Å². The van der Waals surface area contributed by atoms with Crippen molar-refractivity contribution in [1.29, 1.82) is 0 Å². The molecule has 0 radical (unpaired) electrons. The molecule has 5 aliphatic rings. The summed E-state index contributed by atoms with van der Waals surface area (Å²) in [5, 5.41) is -0.326. The van der Waals surface area contributed by atoms with Gasteiger partial charge in [0, 0.05) is 5.41 Å². The quantitative estimate of drug-likeness (QED) is 0.573. The fourth-order valence-electron chi connectivity index (χ4n) is 6.81. The lowest BCUT2D eigenvalue weighted by atomic mass is 9.49. The fourth-order valence-corrected chi connectivity index (χ4v) is 10.5. The summed E-state index contributed by atoms with van der Waals surface area (Å²) < 4.78 is 23.7. The van der Waals surface area contributed by atoms with Crippen LogP contribution in [0.15, 0.2) is 0 Å². The maximum atomic E-state index is 12.3. The summed E-state index contributed by atoms with van der Waals surface area (Å²) in [6.07, 6.45) is 4.68. The maximum Gasteiger partial charge on any atom is 0.156 e. The molecule has 2 heterocycles. The zero-order valence-electron chi connectivity index (χ0n) is 12.8. The number of nitrogens with one attached hydrogen (secondary N) is 1. The molecule has 3 saturated carbocycles. The number of halogens is 2. The lowest BCUT2D eigenvalue weighted by molar-refractivity contribution is -0.363. The van der Waals surface area contributed by atoms with Gasteiger partial charge in [-0.15, -0.1) is 0 Å². The lowest BCUT2D eigenvalue weighted by Gasteiger charge is -2.71. The van der Waals surface area contributed by atoms with E-state index in [0.717, 1.165) is 32.1 Å². The summed E-state index contributed by atoms with van der Waals surface area (Å²) in [4.78, 5) is 5.83. The van der Waals surface area contributed by atoms with E-state index in [1.165, 1.54) is 0 Å². The van der Waals surface area contributed by atoms with Gasteiger partial charge < -0.3 is 0 Å². The van der Waals surface area contributed by atoms with Crippen molar-refractivity contribution in [2.24, 2.45) is 16.7 Å². The van der Waals surface area contributed by atoms with Crippen LogP contribution in [0.3, 0.4) is 0 Å². The number of rotatable bonds is 1. The van der Waals surface area contributed by atoms with Gasteiger partial charge in [0.15, 0.2) is 9.84 Å². The van der Waals surface area contributed by atoms with Gasteiger partial charge in [0.25, 0.3) is 0 Å². The first-order valence-electron chi connectivity index (χ1n) is 8.14. The first-order chi connectivity index (χ1) is 10.1. The SMILES string of the molecule is CC1(C)C2CCC1(C1CS1(=O)=O)C1(NOC13CCC3)C2(Cl)Cl. The number of hydrogen-bond donors (Lipinski definition) is 1. The molecule has 0 amide bonds. The van der Waals surface area contributed by atoms with Crippen LogP contribution >= 0.6 is 23.2 Å². The number of fused-ring (bicyclic) bond motifs is 4. The third kappa shape index (κ3) is 1.08. The highest BCUT2D eigenvalue weighted by Gasteiger charge is 2.94. The molecule has 5 rings (SSSR count). The van der Waals surface area contributed by atoms with E-state index in [-0.39, 0.29) is 27.9 Å². The summed E-state index contributed by atoms with van der Waals surface area (Å²) in [6, 6.07) is 0. The van der Waals surface area contributed by atoms with Crippen molar-refractivity contribution < 1.29 is 13.3 Å². The van der Waals surface area contributed by atoms with E-state index >= 15 is 0 Å². The van der Waals surface area contributed by atoms with Crippen molar-refractivity contribution in [3.05, 3.63) is 0 Å². The number of hydrogen-bond acceptors (Lipinski definition) is 4. The molecular formula is C15H21Cl2NO3S. The zero-order chi connectivity index (χ0) is 15.8. The highest BCUT2D eigenvalue weighted by molar-refractivity contribution is 7.99. The molecule has 2 bridgehead atoms. The Morgan fingerprint density at radius 3 is 2.23 bits per heavy atom. The maximum absolute atomic E-state index is 12.3. The van der Waals surface area contributed by atoms with Crippen LogP contribution in [-0.4, -0.2) is 34.9 Å². The van der Waals surface area contributed by atoms with E-state index in [0.29, 0.717) is 0 Å². The first kappa shape index (κ1) is 14.8. The second-order valence-corrected chi connectivity index (χ2v) is 12.1. The molecule has 0 aromatic heterocycles. The van der Waals surface area contributed by atoms with Gasteiger partial charge in [-0.1, -0.05) is 37.0 Å². The number of sulfone groups is 1. The predicted molar refractivity (Wildman–Crippen MR) is 84.5 cm³/mol. The topological polar surface area (TPSA) is 55.4 Å². The van der Waals surface area contributed by atoms with E-state index < -0.39 is 25.1 Å². The van der Waals surface area contributed by atoms with E-state index in [4.69, 9.17) is 28.0 Å². The Labute approximate surface area is 141 Å². The molecule has 0 aromatic rings. The van der Waals surface area contributed by atoms with Gasteiger partial charge >= 0.3 is 0 Å². The molecular weight excluding hydrogens is 345 g/mol. The van der Waals surface area contributed by atoms with Crippen molar-refractivity contribution in [1.82, 2.24) is 5.48 Å². The van der Waals surface area contributed by atoms with Crippen molar-refractivity contribution >= 4 is 33.0 Å². The third-order valence-corrected chi connectivity index (χ3v) is 10.9. The van der Waals surface area contributed by atoms with Crippen LogP contribution in [0.1, 0.15) is 46.0 Å². The summed E-state index contributed by atoms with van der Waals surface area (Å²) >= 11 is 14.0. The Morgan fingerprint density at radius 1 is 1.18 bits per heavy atom. The molecule has 5 fully saturated rings. The van der Waals surface area contributed by atoms with Crippen molar-refractivity contribution in [3.8, 4) is 0 Å². The highest BCUT2D eigenvalue weighted by atomic mass is 35.5. The Morgan fingerprint density at radius 2 is 1.82 bits per heavy atom. The van der Waals surface area contributed by atoms with Gasteiger partial charge in [0.1, 0.15) is 15.5 Å². The molecule has 4 atom stereocenters. The predicted octanol–water partition coefficient (Wildman–Crippen LogP) is 2.59. The molecule has 2 saturated heterocycles. The standard InChI is InChI=1S/C15H21Cl2NO3S/c1-11(2)9-4-7-13(11,10-8-22(10,19)20)15(14(9,16)17)12(21-18-15)5-3-6-12/h9-10,18H,3-8H2,1-2H3. The zero-order valence-corrected chi connectivity index (χ0v) is 15.1. The molecule has 22 heavy (non-hydrogen) atoms. The van der Waals surface area contributed by atoms with Crippen molar-refractivity contribution in [2.75, 3.05) is 5.75 Å². The molecule has 4 nitrogen and oxygen atoms in total. The second kappa shape index (κ2) is 3.52. The summed E-state index contributed by atoms with van der Waals surface area (Å²) in [5.41, 5.74) is 1.52. The molecule has 4 unspecified atom stereocenters. The average Bonchev–Trinajstić information content (AvgIpc) is 2.79. The van der Waals surface area contributed by atoms with Gasteiger partial charge in [-0.05, 0) is 43.4 Å². The van der Waals surface area contributed by atoms with Gasteiger partial charge in [-0.3, -0.25) is 4.84 Å². The van der Waals surface area contributed by atoms with Gasteiger partial charge in [0.05, 0.1) is 11.0 Å². The minimum atomic E-state index is -3.00. The lowest BCUT2D eigenvalue weighted by Crippen LogP contribution is -2.89. The molecule has 3 aliphatic carbocycles. The van der Waals surface area contributed by atoms with Crippen molar-refractivity contribution in [2.45, 2.75) is 66.7 Å². The summed E-state index contributed by atoms with van der Waals surface area (Å²) in [7, 11) is -3.00. The summed E-state index contributed by atoms with van der Waals surface area (Å²) in [6.45, 7) is 4.33. The van der Waals surface area contributed by atoms with Crippen LogP contribution in [0.5, 0.6) is 0 Å². The van der Waals surface area contributed by atoms with Crippen molar-refractivity contribution in [3.63, 3.8) is 0 Å². The minimum Gasteiger partial charge on any atom is -0.292 e. The van der Waals surface area contributed by atoms with Crippen LogP contribution in [-0.2, 0) is 14.7 Å². The first-order valence-corrected chi connectivity index (χ1v) is 10.6. The molecule has 2 aliphatic heterocycles. The highest BCUT2D eigenvalue weighted by Crippen LogP contribution is 2.84. The van der Waals surface area contributed by atoms with Crippen LogP contribution in [0.2, 0.25) is 0 Å². The Bertz CT molecular complexity index is 681. The summed E-state index contributed by atoms with van der Waals surface area (Å²) in [5.74, 6) is 0.361. The van der Waals surface area contributed by atoms with E-state index in [2.05, 4.69) is 19.3 Å². The number of alkyl halides is 2. The molecule has 1 N–H and O–H groups in total. The fraction of sp³-hybridized carbons (Fsp3) is 1.00. The smallest absolute Gasteiger partial charge is 0.156 e. The van der Waals surface area contributed by atoms with Crippen LogP contribution < -0.4 is 5.48 Å².